The summed E-state index contributed by atoms with van der Waals surface area (Å²) in [6.45, 7) is 4.60. The smallest absolute Gasteiger partial charge is 0.0839 e. The fraction of sp³-hybridized carbons (Fsp3) is 0.500. The van der Waals surface area contributed by atoms with Crippen molar-refractivity contribution in [2.75, 3.05) is 0 Å². The minimum Gasteiger partial charge on any atom is -0.388 e. The first kappa shape index (κ1) is 13.6. The molecule has 1 fully saturated rings. The molecule has 0 spiro atoms. The fourth-order valence-electron chi connectivity index (χ4n) is 3.90. The largest absolute Gasteiger partial charge is 0.388 e. The maximum Gasteiger partial charge on any atom is 0.0839 e. The Labute approximate surface area is 120 Å². The van der Waals surface area contributed by atoms with Gasteiger partial charge in [0.2, 0.25) is 0 Å². The van der Waals surface area contributed by atoms with Crippen LogP contribution in [0.4, 0.5) is 0 Å². The van der Waals surface area contributed by atoms with Gasteiger partial charge in [-0.3, -0.25) is 4.98 Å². The zero-order valence-electron chi connectivity index (χ0n) is 12.3. The van der Waals surface area contributed by atoms with Gasteiger partial charge in [-0.25, -0.2) is 0 Å². The van der Waals surface area contributed by atoms with Crippen molar-refractivity contribution in [2.45, 2.75) is 39.2 Å². The molecule has 1 heterocycles. The maximum absolute atomic E-state index is 10.8. The van der Waals surface area contributed by atoms with E-state index >= 15 is 0 Å². The van der Waals surface area contributed by atoms with Crippen LogP contribution in [0.2, 0.25) is 0 Å². The molecule has 0 bridgehead atoms. The zero-order chi connectivity index (χ0) is 14.1. The van der Waals surface area contributed by atoms with E-state index in [9.17, 15) is 5.11 Å². The molecule has 1 N–H and O–H groups in total. The Morgan fingerprint density at radius 1 is 1.05 bits per heavy atom. The van der Waals surface area contributed by atoms with Gasteiger partial charge < -0.3 is 5.11 Å². The second-order valence-corrected chi connectivity index (χ2v) is 6.57. The zero-order valence-corrected chi connectivity index (χ0v) is 12.3. The number of aromatic nitrogens is 1. The van der Waals surface area contributed by atoms with E-state index in [1.807, 2.05) is 24.5 Å². The van der Waals surface area contributed by atoms with E-state index < -0.39 is 6.10 Å². The van der Waals surface area contributed by atoms with Gasteiger partial charge in [0.1, 0.15) is 0 Å². The van der Waals surface area contributed by atoms with Crippen LogP contribution in [0.25, 0.3) is 10.8 Å². The average Bonchev–Trinajstić information content (AvgIpc) is 2.45. The molecule has 0 radical (unpaired) electrons. The molecule has 1 aliphatic rings. The van der Waals surface area contributed by atoms with Crippen molar-refractivity contribution in [1.29, 1.82) is 0 Å². The first-order valence-corrected chi connectivity index (χ1v) is 7.66. The van der Waals surface area contributed by atoms with Crippen molar-refractivity contribution in [3.8, 4) is 0 Å². The number of aliphatic hydroxyl groups excluding tert-OH is 1. The lowest BCUT2D eigenvalue weighted by Gasteiger charge is -2.34. The molecule has 2 nitrogen and oxygen atoms in total. The van der Waals surface area contributed by atoms with Crippen molar-refractivity contribution in [3.05, 3.63) is 42.2 Å². The Balaban J connectivity index is 1.94. The predicted octanol–water partition coefficient (Wildman–Crippen LogP) is 4.34. The number of fused-ring (bicyclic) bond motifs is 1. The molecule has 3 atom stereocenters. The van der Waals surface area contributed by atoms with Gasteiger partial charge in [0.05, 0.1) is 6.10 Å². The monoisotopic (exact) mass is 269 g/mol. The Morgan fingerprint density at radius 3 is 2.50 bits per heavy atom. The van der Waals surface area contributed by atoms with Crippen LogP contribution in [0.5, 0.6) is 0 Å². The van der Waals surface area contributed by atoms with Crippen LogP contribution in [0.3, 0.4) is 0 Å². The third-order valence-corrected chi connectivity index (χ3v) is 4.68. The third-order valence-electron chi connectivity index (χ3n) is 4.68. The summed E-state index contributed by atoms with van der Waals surface area (Å²) in [7, 11) is 0. The number of aliphatic hydroxyl groups is 1. The van der Waals surface area contributed by atoms with Gasteiger partial charge in [-0.15, -0.1) is 0 Å². The summed E-state index contributed by atoms with van der Waals surface area (Å²) in [5.41, 5.74) is 0.995. The summed E-state index contributed by atoms with van der Waals surface area (Å²) < 4.78 is 0. The molecule has 2 heteroatoms. The quantitative estimate of drug-likeness (QED) is 0.879. The summed E-state index contributed by atoms with van der Waals surface area (Å²) in [5.74, 6) is 1.78. The molecule has 0 saturated heterocycles. The van der Waals surface area contributed by atoms with E-state index in [0.717, 1.165) is 29.2 Å². The maximum atomic E-state index is 10.8. The number of hydrogen-bond donors (Lipinski definition) is 1. The second-order valence-electron chi connectivity index (χ2n) is 6.57. The lowest BCUT2D eigenvalue weighted by atomic mass is 9.73. The summed E-state index contributed by atoms with van der Waals surface area (Å²) in [4.78, 5) is 4.31. The molecule has 3 rings (SSSR count). The summed E-state index contributed by atoms with van der Waals surface area (Å²) in [5, 5.41) is 13.1. The molecule has 1 saturated carbocycles. The lowest BCUT2D eigenvalue weighted by Crippen LogP contribution is -2.24. The Morgan fingerprint density at radius 2 is 1.75 bits per heavy atom. The molecular weight excluding hydrogens is 246 g/mol. The average molecular weight is 269 g/mol. The molecule has 20 heavy (non-hydrogen) atoms. The van der Waals surface area contributed by atoms with Gasteiger partial charge in [0.25, 0.3) is 0 Å². The van der Waals surface area contributed by atoms with Crippen LogP contribution in [-0.4, -0.2) is 10.1 Å². The van der Waals surface area contributed by atoms with Crippen LogP contribution in [-0.2, 0) is 0 Å². The Bertz CT molecular complexity index is 579. The number of pyridine rings is 1. The highest BCUT2D eigenvalue weighted by Crippen LogP contribution is 2.40. The van der Waals surface area contributed by atoms with Gasteiger partial charge in [0.15, 0.2) is 0 Å². The van der Waals surface area contributed by atoms with E-state index in [2.05, 4.69) is 31.0 Å². The van der Waals surface area contributed by atoms with Crippen LogP contribution < -0.4 is 0 Å². The lowest BCUT2D eigenvalue weighted by molar-refractivity contribution is 0.0560. The van der Waals surface area contributed by atoms with E-state index in [-0.39, 0.29) is 0 Å². The molecule has 3 unspecified atom stereocenters. The van der Waals surface area contributed by atoms with Gasteiger partial charge in [-0.2, -0.15) is 0 Å². The van der Waals surface area contributed by atoms with E-state index in [4.69, 9.17) is 0 Å². The highest BCUT2D eigenvalue weighted by atomic mass is 16.3. The molecule has 0 amide bonds. The first-order chi connectivity index (χ1) is 9.65. The van der Waals surface area contributed by atoms with Crippen molar-refractivity contribution >= 4 is 10.8 Å². The van der Waals surface area contributed by atoms with E-state index in [0.29, 0.717) is 17.8 Å². The van der Waals surface area contributed by atoms with Gasteiger partial charge in [0, 0.05) is 23.3 Å². The van der Waals surface area contributed by atoms with Crippen molar-refractivity contribution in [1.82, 2.24) is 4.98 Å². The van der Waals surface area contributed by atoms with Gasteiger partial charge in [-0.05, 0) is 42.4 Å². The summed E-state index contributed by atoms with van der Waals surface area (Å²) in [6, 6.07) is 8.20. The Kier molecular flexibility index (Phi) is 3.75. The normalized spacial score (nSPS) is 28.4. The number of nitrogens with zero attached hydrogens (tertiary/aromatic N) is 1. The second kappa shape index (κ2) is 5.53. The van der Waals surface area contributed by atoms with E-state index in [1.54, 1.807) is 0 Å². The van der Waals surface area contributed by atoms with Crippen LogP contribution >= 0.6 is 0 Å². The molecule has 106 valence electrons. The molecule has 1 aromatic carbocycles. The highest BCUT2D eigenvalue weighted by Gasteiger charge is 2.30. The van der Waals surface area contributed by atoms with Crippen molar-refractivity contribution in [3.63, 3.8) is 0 Å². The first-order valence-electron chi connectivity index (χ1n) is 7.66. The van der Waals surface area contributed by atoms with Crippen LogP contribution in [0.1, 0.15) is 44.8 Å². The Hall–Kier alpha value is -1.41. The minimum absolute atomic E-state index is 0.362. The highest BCUT2D eigenvalue weighted by molar-refractivity contribution is 5.84. The molecule has 2 aromatic rings. The van der Waals surface area contributed by atoms with Crippen molar-refractivity contribution in [2.24, 2.45) is 17.8 Å². The van der Waals surface area contributed by atoms with Gasteiger partial charge >= 0.3 is 0 Å². The molecular formula is C18H23NO. The topological polar surface area (TPSA) is 33.1 Å². The molecule has 1 aliphatic carbocycles. The van der Waals surface area contributed by atoms with E-state index in [1.165, 1.54) is 6.42 Å². The fourth-order valence-corrected chi connectivity index (χ4v) is 3.90. The standard InChI is InChI=1S/C18H23NO/c1-12-7-13(2)9-15(8-12)18(20)17-11-19-10-14-5-3-4-6-16(14)17/h3-6,10-13,15,18,20H,7-9H2,1-2H3. The van der Waals surface area contributed by atoms with Crippen LogP contribution in [0, 0.1) is 17.8 Å². The summed E-state index contributed by atoms with van der Waals surface area (Å²) >= 11 is 0. The SMILES string of the molecule is CC1CC(C)CC(C(O)c2cncc3ccccc23)C1. The number of rotatable bonds is 2. The third kappa shape index (κ3) is 2.57. The van der Waals surface area contributed by atoms with Gasteiger partial charge in [-0.1, -0.05) is 38.1 Å². The molecule has 1 aromatic heterocycles. The minimum atomic E-state index is -0.390. The van der Waals surface area contributed by atoms with Crippen molar-refractivity contribution < 1.29 is 5.11 Å². The predicted molar refractivity (Wildman–Crippen MR) is 82.4 cm³/mol. The van der Waals surface area contributed by atoms with Crippen LogP contribution in [0.15, 0.2) is 36.7 Å². The number of benzene rings is 1. The molecule has 0 aliphatic heterocycles. The number of hydrogen-bond acceptors (Lipinski definition) is 2. The summed E-state index contributed by atoms with van der Waals surface area (Å²) in [6.07, 6.45) is 6.86.